The van der Waals surface area contributed by atoms with Crippen LogP contribution in [0.5, 0.6) is 0 Å². The van der Waals surface area contributed by atoms with Crippen LogP contribution < -0.4 is 15.5 Å². The molecule has 11 heteroatoms. The van der Waals surface area contributed by atoms with Gasteiger partial charge in [0.2, 0.25) is 5.95 Å². The molecule has 5 rings (SSSR count). The predicted octanol–water partition coefficient (Wildman–Crippen LogP) is 4.58. The summed E-state index contributed by atoms with van der Waals surface area (Å²) in [4.78, 5) is 28.0. The zero-order chi connectivity index (χ0) is 26.9. The highest BCUT2D eigenvalue weighted by Gasteiger charge is 2.45. The summed E-state index contributed by atoms with van der Waals surface area (Å²) < 4.78 is 35.9. The molecule has 3 aromatic rings. The second-order valence-electron chi connectivity index (χ2n) is 10.5. The lowest BCUT2D eigenvalue weighted by molar-refractivity contribution is -0.129. The van der Waals surface area contributed by atoms with Gasteiger partial charge in [0.05, 0.1) is 12.1 Å². The van der Waals surface area contributed by atoms with E-state index in [4.69, 9.17) is 4.74 Å². The third-order valence-electron chi connectivity index (χ3n) is 7.51. The van der Waals surface area contributed by atoms with Crippen LogP contribution in [0.4, 0.5) is 26.4 Å². The molecule has 0 bridgehead atoms. The van der Waals surface area contributed by atoms with Gasteiger partial charge in [-0.1, -0.05) is 0 Å². The maximum Gasteiger partial charge on any atom is 0.290 e. The second-order valence-corrected chi connectivity index (χ2v) is 10.5. The minimum absolute atomic E-state index is 0.149. The van der Waals surface area contributed by atoms with Crippen LogP contribution in [0.25, 0.3) is 10.9 Å². The number of anilines is 3. The van der Waals surface area contributed by atoms with Crippen LogP contribution in [0.2, 0.25) is 0 Å². The quantitative estimate of drug-likeness (QED) is 0.411. The van der Waals surface area contributed by atoms with Crippen LogP contribution in [0.15, 0.2) is 30.7 Å². The molecule has 9 nitrogen and oxygen atoms in total. The monoisotopic (exact) mass is 527 g/mol. The Labute approximate surface area is 221 Å². The molecule has 2 aliphatic heterocycles. The van der Waals surface area contributed by atoms with Crippen LogP contribution in [-0.2, 0) is 4.74 Å². The lowest BCUT2D eigenvalue weighted by Crippen LogP contribution is -2.52. The summed E-state index contributed by atoms with van der Waals surface area (Å²) >= 11 is 0. The number of pyridine rings is 1. The van der Waals surface area contributed by atoms with Crippen LogP contribution >= 0.6 is 0 Å². The van der Waals surface area contributed by atoms with Gasteiger partial charge in [-0.15, -0.1) is 0 Å². The Morgan fingerprint density at radius 3 is 2.74 bits per heavy atom. The van der Waals surface area contributed by atoms with Crippen molar-refractivity contribution in [1.82, 2.24) is 24.8 Å². The number of nitrogens with zero attached hydrogens (tertiary/aromatic N) is 5. The Kier molecular flexibility index (Phi) is 7.58. The summed E-state index contributed by atoms with van der Waals surface area (Å²) in [6.45, 7) is 5.94. The molecule has 3 aromatic heterocycles. The zero-order valence-electron chi connectivity index (χ0n) is 22.1. The van der Waals surface area contributed by atoms with E-state index in [9.17, 15) is 13.6 Å². The van der Waals surface area contributed by atoms with E-state index in [1.807, 2.05) is 12.3 Å². The second kappa shape index (κ2) is 10.9. The molecule has 2 aliphatic rings. The molecule has 204 valence electrons. The first-order valence-corrected chi connectivity index (χ1v) is 13.3. The number of nitrogens with one attached hydrogen (secondary N) is 2. The van der Waals surface area contributed by atoms with E-state index in [1.54, 1.807) is 12.3 Å². The molecule has 0 aromatic carbocycles. The highest BCUT2D eigenvalue weighted by atomic mass is 19.3. The van der Waals surface area contributed by atoms with Crippen molar-refractivity contribution in [3.63, 3.8) is 0 Å². The first-order valence-electron chi connectivity index (χ1n) is 13.3. The molecule has 38 heavy (non-hydrogen) atoms. The van der Waals surface area contributed by atoms with Gasteiger partial charge in [-0.05, 0) is 58.2 Å². The van der Waals surface area contributed by atoms with Crippen molar-refractivity contribution in [2.75, 3.05) is 43.5 Å². The molecule has 0 spiro atoms. The SMILES string of the molecule is COC1CCN(c2nccc(Nc3cc4c(cn3)c(C(=O)CC3CCNCC3)cn4C(C)C)n2)CC1(F)F. The average molecular weight is 528 g/mol. The molecular weight excluding hydrogens is 492 g/mol. The highest BCUT2D eigenvalue weighted by Crippen LogP contribution is 2.32. The number of hydrogen-bond acceptors (Lipinski definition) is 8. The smallest absolute Gasteiger partial charge is 0.290 e. The van der Waals surface area contributed by atoms with Gasteiger partial charge in [0.15, 0.2) is 5.78 Å². The maximum absolute atomic E-state index is 14.4. The number of rotatable bonds is 8. The molecule has 2 fully saturated rings. The molecule has 2 saturated heterocycles. The van der Waals surface area contributed by atoms with Crippen LogP contribution in [0.1, 0.15) is 55.9 Å². The lowest BCUT2D eigenvalue weighted by atomic mass is 9.91. The van der Waals surface area contributed by atoms with E-state index in [2.05, 4.69) is 44.0 Å². The summed E-state index contributed by atoms with van der Waals surface area (Å²) in [5, 5.41) is 7.36. The van der Waals surface area contributed by atoms with Crippen LogP contribution in [-0.4, -0.2) is 70.6 Å². The summed E-state index contributed by atoms with van der Waals surface area (Å²) in [6, 6.07) is 3.72. The van der Waals surface area contributed by atoms with Crippen molar-refractivity contribution in [2.45, 2.75) is 57.6 Å². The van der Waals surface area contributed by atoms with Crippen molar-refractivity contribution >= 4 is 34.3 Å². The fraction of sp³-hybridized carbons (Fsp3) is 0.556. The largest absolute Gasteiger partial charge is 0.375 e. The van der Waals surface area contributed by atoms with Crippen molar-refractivity contribution in [2.24, 2.45) is 5.92 Å². The van der Waals surface area contributed by atoms with E-state index in [0.29, 0.717) is 36.1 Å². The maximum atomic E-state index is 14.4. The molecule has 0 aliphatic carbocycles. The number of Topliss-reactive ketones (excluding diaryl/α,β-unsaturated/α-hetero) is 1. The third-order valence-corrected chi connectivity index (χ3v) is 7.51. The van der Waals surface area contributed by atoms with Gasteiger partial charge in [0.1, 0.15) is 17.7 Å². The molecule has 1 unspecified atom stereocenters. The number of carbonyl (C=O) groups is 1. The van der Waals surface area contributed by atoms with Crippen molar-refractivity contribution in [3.05, 3.63) is 36.3 Å². The fourth-order valence-corrected chi connectivity index (χ4v) is 5.40. The molecule has 5 heterocycles. The number of methoxy groups -OCH3 is 1. The minimum atomic E-state index is -2.99. The predicted molar refractivity (Wildman–Crippen MR) is 143 cm³/mol. The van der Waals surface area contributed by atoms with Gasteiger partial charge in [0, 0.05) is 61.7 Å². The molecule has 0 amide bonds. The number of fused-ring (bicyclic) bond motifs is 1. The van der Waals surface area contributed by atoms with Gasteiger partial charge < -0.3 is 24.8 Å². The molecule has 0 saturated carbocycles. The summed E-state index contributed by atoms with van der Waals surface area (Å²) in [7, 11) is 1.31. The first-order chi connectivity index (χ1) is 18.2. The molecule has 0 radical (unpaired) electrons. The van der Waals surface area contributed by atoms with E-state index in [1.165, 1.54) is 18.2 Å². The minimum Gasteiger partial charge on any atom is -0.375 e. The van der Waals surface area contributed by atoms with Crippen LogP contribution in [0.3, 0.4) is 0 Å². The van der Waals surface area contributed by atoms with Gasteiger partial charge in [0.25, 0.3) is 5.92 Å². The highest BCUT2D eigenvalue weighted by molar-refractivity contribution is 6.08. The van der Waals surface area contributed by atoms with Crippen molar-refractivity contribution in [1.29, 1.82) is 0 Å². The summed E-state index contributed by atoms with van der Waals surface area (Å²) in [6.07, 6.45) is 6.87. The number of piperidine rings is 2. The van der Waals surface area contributed by atoms with Crippen molar-refractivity contribution in [3.8, 4) is 0 Å². The number of halogens is 2. The zero-order valence-corrected chi connectivity index (χ0v) is 22.1. The van der Waals surface area contributed by atoms with E-state index in [-0.39, 0.29) is 24.2 Å². The standard InChI is InChI=1S/C27H35F2N7O2/c1-17(2)36-15-20(22(37)12-18-4-8-30-9-5-18)19-14-32-25(13-21(19)36)33-24-6-10-31-26(34-24)35-11-7-23(38-3)27(28,29)16-35/h6,10,13-15,17-18,23,30H,4-5,7-9,11-12,16H2,1-3H3,(H,31,32,33,34). The van der Waals surface area contributed by atoms with E-state index in [0.717, 1.165) is 36.8 Å². The molecule has 2 N–H and O–H groups in total. The number of aromatic nitrogens is 4. The van der Waals surface area contributed by atoms with Gasteiger partial charge in [-0.3, -0.25) is 4.79 Å². The Bertz CT molecular complexity index is 1290. The van der Waals surface area contributed by atoms with E-state index >= 15 is 0 Å². The van der Waals surface area contributed by atoms with Gasteiger partial charge >= 0.3 is 0 Å². The molecule has 1 atom stereocenters. The third kappa shape index (κ3) is 5.49. The fourth-order valence-electron chi connectivity index (χ4n) is 5.40. The molecular formula is C27H35F2N7O2. The number of ether oxygens (including phenoxy) is 1. The number of carbonyl (C=O) groups excluding carboxylic acids is 1. The normalized spacial score (nSPS) is 20.3. The number of alkyl halides is 2. The Morgan fingerprint density at radius 2 is 2.03 bits per heavy atom. The lowest BCUT2D eigenvalue weighted by Gasteiger charge is -2.37. The number of hydrogen-bond donors (Lipinski definition) is 2. The van der Waals surface area contributed by atoms with Gasteiger partial charge in [-0.2, -0.15) is 4.98 Å². The van der Waals surface area contributed by atoms with Crippen LogP contribution in [0, 0.1) is 5.92 Å². The van der Waals surface area contributed by atoms with Crippen molar-refractivity contribution < 1.29 is 18.3 Å². The Hall–Kier alpha value is -3.18. The Balaban J connectivity index is 1.37. The van der Waals surface area contributed by atoms with Gasteiger partial charge in [-0.25, -0.2) is 18.7 Å². The topological polar surface area (TPSA) is 97.2 Å². The Morgan fingerprint density at radius 1 is 1.24 bits per heavy atom. The van der Waals surface area contributed by atoms with E-state index < -0.39 is 18.6 Å². The number of ketones is 1. The average Bonchev–Trinajstić information content (AvgIpc) is 3.28. The summed E-state index contributed by atoms with van der Waals surface area (Å²) in [5.41, 5.74) is 1.61. The summed E-state index contributed by atoms with van der Waals surface area (Å²) in [5.74, 6) is -1.22. The first kappa shape index (κ1) is 26.4.